The Labute approximate surface area is 179 Å². The van der Waals surface area contributed by atoms with E-state index in [1.807, 2.05) is 25.1 Å². The quantitative estimate of drug-likeness (QED) is 0.619. The van der Waals surface area contributed by atoms with Crippen LogP contribution in [-0.2, 0) is 48.7 Å². The molecule has 3 N–H and O–H groups in total. The van der Waals surface area contributed by atoms with E-state index >= 15 is 0 Å². The molecule has 135 valence electrons. The number of hydrogen-bond acceptors (Lipinski definition) is 3. The number of aryl methyl sites for hydroxylation is 2. The summed E-state index contributed by atoms with van der Waals surface area (Å²) in [5, 5.41) is 15.9. The standard InChI is InChI=1S/C20H23N2O3.Y/c1-14-4-8-18(9-5-14)22-19(24)20(3,25)13-12-16-6-10-17(11-7-16)21-15(2)23;/h4,6-11,25H,12-13H2,1-3H3,(H,21,23)(H,22,24);/q-1;/t20-;/m0./s1. The van der Waals surface area contributed by atoms with Crippen molar-refractivity contribution < 1.29 is 47.4 Å². The predicted molar refractivity (Wildman–Crippen MR) is 98.3 cm³/mol. The van der Waals surface area contributed by atoms with E-state index in [2.05, 4.69) is 16.7 Å². The Morgan fingerprint density at radius 2 is 1.69 bits per heavy atom. The van der Waals surface area contributed by atoms with E-state index in [1.165, 1.54) is 13.8 Å². The first-order valence-corrected chi connectivity index (χ1v) is 8.15. The summed E-state index contributed by atoms with van der Waals surface area (Å²) in [4.78, 5) is 23.3. The maximum atomic E-state index is 12.3. The molecular weight excluding hydrogens is 405 g/mol. The van der Waals surface area contributed by atoms with Crippen LogP contribution in [0.3, 0.4) is 0 Å². The van der Waals surface area contributed by atoms with Gasteiger partial charge in [0.1, 0.15) is 5.60 Å². The second-order valence-electron chi connectivity index (χ2n) is 6.37. The Morgan fingerprint density at radius 1 is 1.08 bits per heavy atom. The molecule has 5 nitrogen and oxygen atoms in total. The number of anilines is 2. The molecule has 0 aliphatic carbocycles. The number of rotatable bonds is 6. The van der Waals surface area contributed by atoms with Gasteiger partial charge in [-0.3, -0.25) is 9.59 Å². The third-order valence-corrected chi connectivity index (χ3v) is 3.89. The van der Waals surface area contributed by atoms with Gasteiger partial charge in [0.15, 0.2) is 0 Å². The van der Waals surface area contributed by atoms with Crippen molar-refractivity contribution in [1.82, 2.24) is 0 Å². The van der Waals surface area contributed by atoms with E-state index in [0.717, 1.165) is 16.8 Å². The molecule has 0 saturated carbocycles. The minimum Gasteiger partial charge on any atom is -0.380 e. The summed E-state index contributed by atoms with van der Waals surface area (Å²) in [6, 6.07) is 15.7. The first kappa shape index (κ1) is 22.5. The maximum Gasteiger partial charge on any atom is 0.245 e. The molecule has 0 fully saturated rings. The molecule has 2 rings (SSSR count). The van der Waals surface area contributed by atoms with Crippen LogP contribution in [0.25, 0.3) is 0 Å². The van der Waals surface area contributed by atoms with Gasteiger partial charge in [0.25, 0.3) is 0 Å². The Morgan fingerprint density at radius 3 is 2.23 bits per heavy atom. The van der Waals surface area contributed by atoms with Crippen LogP contribution in [0, 0.1) is 13.0 Å². The topological polar surface area (TPSA) is 78.4 Å². The molecular formula is C20H23N2O3Y-. The van der Waals surface area contributed by atoms with Crippen LogP contribution in [0.1, 0.15) is 31.4 Å². The first-order valence-electron chi connectivity index (χ1n) is 8.15. The molecule has 2 aromatic rings. The molecule has 0 unspecified atom stereocenters. The van der Waals surface area contributed by atoms with Gasteiger partial charge in [-0.2, -0.15) is 23.8 Å². The second-order valence-corrected chi connectivity index (χ2v) is 6.37. The van der Waals surface area contributed by atoms with Crippen LogP contribution in [0.2, 0.25) is 0 Å². The summed E-state index contributed by atoms with van der Waals surface area (Å²) in [6.45, 7) is 4.88. The van der Waals surface area contributed by atoms with Crippen molar-refractivity contribution >= 4 is 23.2 Å². The van der Waals surface area contributed by atoms with E-state index in [1.54, 1.807) is 24.3 Å². The third kappa shape index (κ3) is 6.98. The molecule has 0 heterocycles. The summed E-state index contributed by atoms with van der Waals surface area (Å²) < 4.78 is 0. The molecule has 1 radical (unpaired) electrons. The largest absolute Gasteiger partial charge is 0.380 e. The van der Waals surface area contributed by atoms with Gasteiger partial charge in [-0.25, -0.2) is 0 Å². The number of hydrogen-bond donors (Lipinski definition) is 3. The van der Waals surface area contributed by atoms with Crippen molar-refractivity contribution in [3.8, 4) is 0 Å². The molecule has 2 amide bonds. The van der Waals surface area contributed by atoms with Crippen LogP contribution >= 0.6 is 0 Å². The van der Waals surface area contributed by atoms with Gasteiger partial charge < -0.3 is 15.7 Å². The van der Waals surface area contributed by atoms with Gasteiger partial charge >= 0.3 is 0 Å². The number of carbonyl (C=O) groups is 2. The monoisotopic (exact) mass is 428 g/mol. The molecule has 0 spiro atoms. The van der Waals surface area contributed by atoms with Crippen molar-refractivity contribution in [3.63, 3.8) is 0 Å². The van der Waals surface area contributed by atoms with Gasteiger partial charge in [-0.1, -0.05) is 24.7 Å². The zero-order valence-electron chi connectivity index (χ0n) is 15.3. The van der Waals surface area contributed by atoms with Crippen LogP contribution in [0.4, 0.5) is 11.4 Å². The summed E-state index contributed by atoms with van der Waals surface area (Å²) in [5.74, 6) is -0.569. The van der Waals surface area contributed by atoms with E-state index in [9.17, 15) is 14.7 Å². The van der Waals surface area contributed by atoms with Crippen molar-refractivity contribution in [2.24, 2.45) is 0 Å². The molecule has 26 heavy (non-hydrogen) atoms. The number of carbonyl (C=O) groups excluding carboxylic acids is 2. The van der Waals surface area contributed by atoms with Crippen molar-refractivity contribution in [2.45, 2.75) is 39.2 Å². The van der Waals surface area contributed by atoms with Crippen molar-refractivity contribution in [3.05, 3.63) is 59.7 Å². The van der Waals surface area contributed by atoms with Crippen LogP contribution in [0.5, 0.6) is 0 Å². The molecule has 0 aromatic heterocycles. The Kier molecular flexibility index (Phi) is 8.61. The van der Waals surface area contributed by atoms with E-state index in [-0.39, 0.29) is 45.0 Å². The first-order chi connectivity index (χ1) is 11.8. The zero-order valence-corrected chi connectivity index (χ0v) is 18.1. The minimum absolute atomic E-state index is 0. The van der Waals surface area contributed by atoms with Gasteiger partial charge in [-0.05, 0) is 37.5 Å². The summed E-state index contributed by atoms with van der Waals surface area (Å²) in [5.41, 5.74) is 1.80. The number of benzene rings is 2. The second kappa shape index (κ2) is 9.95. The van der Waals surface area contributed by atoms with Crippen LogP contribution in [0.15, 0.2) is 42.5 Å². The fourth-order valence-corrected chi connectivity index (χ4v) is 2.31. The number of nitrogens with one attached hydrogen (secondary N) is 2. The van der Waals surface area contributed by atoms with E-state index in [4.69, 9.17) is 0 Å². The molecule has 0 aliphatic heterocycles. The van der Waals surface area contributed by atoms with E-state index in [0.29, 0.717) is 12.1 Å². The van der Waals surface area contributed by atoms with Gasteiger partial charge in [-0.15, -0.1) is 6.07 Å². The van der Waals surface area contributed by atoms with Gasteiger partial charge in [0.05, 0.1) is 0 Å². The Balaban J connectivity index is 0.00000338. The summed E-state index contributed by atoms with van der Waals surface area (Å²) in [6.07, 6.45) is 0.828. The van der Waals surface area contributed by atoms with Crippen molar-refractivity contribution in [1.29, 1.82) is 0 Å². The fourth-order valence-electron chi connectivity index (χ4n) is 2.31. The normalized spacial score (nSPS) is 12.5. The average Bonchev–Trinajstić information content (AvgIpc) is 2.56. The van der Waals surface area contributed by atoms with E-state index < -0.39 is 11.5 Å². The molecule has 0 aliphatic rings. The molecule has 1 atom stereocenters. The number of aliphatic hydroxyl groups is 1. The van der Waals surface area contributed by atoms with Crippen molar-refractivity contribution in [2.75, 3.05) is 10.6 Å². The average molecular weight is 428 g/mol. The fraction of sp³-hybridized carbons (Fsp3) is 0.300. The summed E-state index contributed by atoms with van der Waals surface area (Å²) in [7, 11) is 0. The molecule has 0 bridgehead atoms. The zero-order chi connectivity index (χ0) is 18.4. The van der Waals surface area contributed by atoms with Crippen LogP contribution in [-0.4, -0.2) is 22.5 Å². The van der Waals surface area contributed by atoms with Gasteiger partial charge in [0, 0.05) is 45.3 Å². The van der Waals surface area contributed by atoms with Crippen LogP contribution < -0.4 is 10.6 Å². The predicted octanol–water partition coefficient (Wildman–Crippen LogP) is 3.07. The maximum absolute atomic E-state index is 12.3. The smallest absolute Gasteiger partial charge is 0.245 e. The SMILES string of the molecule is CC(=O)Nc1ccc(CC[C@](C)(O)C(=O)Nc2c[c-]c(C)cc2)cc1.[Y]. The molecule has 6 heteroatoms. The minimum atomic E-state index is -1.48. The number of amides is 2. The van der Waals surface area contributed by atoms with Gasteiger partial charge in [0.2, 0.25) is 11.8 Å². The molecule has 0 saturated heterocycles. The Bertz CT molecular complexity index is 741. The third-order valence-electron chi connectivity index (χ3n) is 3.89. The summed E-state index contributed by atoms with van der Waals surface area (Å²) >= 11 is 0. The Hall–Kier alpha value is -1.56. The molecule has 2 aromatic carbocycles.